The molecule has 4 nitrogen and oxygen atoms in total. The van der Waals surface area contributed by atoms with Crippen LogP contribution in [0.3, 0.4) is 0 Å². The average molecular weight is 182 g/mol. The molecule has 1 aromatic rings. The van der Waals surface area contributed by atoms with Crippen molar-refractivity contribution in [2.75, 3.05) is 13.2 Å². The highest BCUT2D eigenvalue weighted by Gasteiger charge is 2.17. The van der Waals surface area contributed by atoms with Gasteiger partial charge in [0.1, 0.15) is 5.76 Å². The van der Waals surface area contributed by atoms with Crippen molar-refractivity contribution in [2.45, 2.75) is 12.8 Å². The second kappa shape index (κ2) is 3.22. The maximum absolute atomic E-state index is 10.6. The molecule has 0 amide bonds. The van der Waals surface area contributed by atoms with Gasteiger partial charge in [0.2, 0.25) is 5.76 Å². The van der Waals surface area contributed by atoms with E-state index in [1.807, 2.05) is 0 Å². The predicted molar refractivity (Wildman–Crippen MR) is 43.9 cm³/mol. The first-order chi connectivity index (χ1) is 6.27. The summed E-state index contributed by atoms with van der Waals surface area (Å²) in [5.41, 5.74) is 0.968. The molecule has 0 unspecified atom stereocenters. The molecule has 4 heteroatoms. The highest BCUT2D eigenvalue weighted by atomic mass is 16.5. The second-order valence-electron chi connectivity index (χ2n) is 2.98. The van der Waals surface area contributed by atoms with E-state index in [2.05, 4.69) is 0 Å². The van der Waals surface area contributed by atoms with Gasteiger partial charge in [0.05, 0.1) is 13.2 Å². The maximum Gasteiger partial charge on any atom is 0.371 e. The minimum Gasteiger partial charge on any atom is -0.475 e. The van der Waals surface area contributed by atoms with Crippen LogP contribution in [0.1, 0.15) is 21.9 Å². The van der Waals surface area contributed by atoms with Crippen molar-refractivity contribution in [3.05, 3.63) is 23.2 Å². The molecule has 1 aromatic heterocycles. The number of furan rings is 1. The van der Waals surface area contributed by atoms with E-state index in [1.54, 1.807) is 6.07 Å². The van der Waals surface area contributed by atoms with Crippen LogP contribution in [0.2, 0.25) is 0 Å². The number of hydrogen-bond donors (Lipinski definition) is 1. The lowest BCUT2D eigenvalue weighted by Crippen LogP contribution is -1.97. The Labute approximate surface area is 75.1 Å². The Morgan fingerprint density at radius 3 is 2.92 bits per heavy atom. The molecular weight excluding hydrogens is 172 g/mol. The van der Waals surface area contributed by atoms with E-state index < -0.39 is 5.97 Å². The quantitative estimate of drug-likeness (QED) is 0.706. The normalized spacial score (nSPS) is 16.3. The van der Waals surface area contributed by atoms with Gasteiger partial charge in [-0.2, -0.15) is 0 Å². The van der Waals surface area contributed by atoms with Crippen molar-refractivity contribution < 1.29 is 19.1 Å². The first-order valence-electron chi connectivity index (χ1n) is 4.20. The summed E-state index contributed by atoms with van der Waals surface area (Å²) in [6, 6.07) is 1.59. The maximum atomic E-state index is 10.6. The molecule has 0 fully saturated rings. The third kappa shape index (κ3) is 1.58. The van der Waals surface area contributed by atoms with E-state index in [-0.39, 0.29) is 5.76 Å². The number of carboxylic acid groups (broad SMARTS) is 1. The van der Waals surface area contributed by atoms with E-state index in [4.69, 9.17) is 14.3 Å². The van der Waals surface area contributed by atoms with Crippen molar-refractivity contribution in [2.24, 2.45) is 0 Å². The predicted octanol–water partition coefficient (Wildman–Crippen LogP) is 1.09. The van der Waals surface area contributed by atoms with Gasteiger partial charge in [0, 0.05) is 6.42 Å². The summed E-state index contributed by atoms with van der Waals surface area (Å²) >= 11 is 0. The van der Waals surface area contributed by atoms with Gasteiger partial charge >= 0.3 is 5.97 Å². The summed E-state index contributed by atoms with van der Waals surface area (Å²) in [6.45, 7) is 1.26. The standard InChI is InChI=1S/C9H10O4/c10-9(11)8-5-6-1-3-12-4-2-7(6)13-8/h5H,1-4H2,(H,10,11). The summed E-state index contributed by atoms with van der Waals surface area (Å²) in [7, 11) is 0. The fourth-order valence-electron chi connectivity index (χ4n) is 1.44. The molecule has 0 atom stereocenters. The number of fused-ring (bicyclic) bond motifs is 1. The van der Waals surface area contributed by atoms with Gasteiger partial charge in [0.15, 0.2) is 0 Å². The summed E-state index contributed by atoms with van der Waals surface area (Å²) in [4.78, 5) is 10.6. The fourth-order valence-corrected chi connectivity index (χ4v) is 1.44. The number of rotatable bonds is 1. The van der Waals surface area contributed by atoms with Crippen LogP contribution >= 0.6 is 0 Å². The van der Waals surface area contributed by atoms with Crippen molar-refractivity contribution >= 4 is 5.97 Å². The molecule has 0 radical (unpaired) electrons. The SMILES string of the molecule is O=C(O)c1cc2c(o1)CCOCC2. The van der Waals surface area contributed by atoms with Gasteiger partial charge in [-0.15, -0.1) is 0 Å². The van der Waals surface area contributed by atoms with Crippen molar-refractivity contribution in [1.29, 1.82) is 0 Å². The van der Waals surface area contributed by atoms with Crippen molar-refractivity contribution in [3.63, 3.8) is 0 Å². The summed E-state index contributed by atoms with van der Waals surface area (Å²) in [5, 5.41) is 8.68. The minimum absolute atomic E-state index is 0.0342. The Balaban J connectivity index is 2.32. The molecule has 13 heavy (non-hydrogen) atoms. The molecule has 1 aliphatic heterocycles. The van der Waals surface area contributed by atoms with Gasteiger partial charge < -0.3 is 14.3 Å². The minimum atomic E-state index is -1.01. The zero-order valence-electron chi connectivity index (χ0n) is 7.08. The Bertz CT molecular complexity index is 303. The molecule has 0 saturated heterocycles. The van der Waals surface area contributed by atoms with E-state index in [1.165, 1.54) is 0 Å². The first kappa shape index (κ1) is 8.31. The fraction of sp³-hybridized carbons (Fsp3) is 0.444. The van der Waals surface area contributed by atoms with Gasteiger partial charge in [-0.05, 0) is 18.1 Å². The lowest BCUT2D eigenvalue weighted by Gasteiger charge is -1.94. The largest absolute Gasteiger partial charge is 0.475 e. The van der Waals surface area contributed by atoms with E-state index in [9.17, 15) is 4.79 Å². The number of ether oxygens (including phenoxy) is 1. The molecule has 2 rings (SSSR count). The highest BCUT2D eigenvalue weighted by molar-refractivity contribution is 5.84. The van der Waals surface area contributed by atoms with Crippen LogP contribution in [0, 0.1) is 0 Å². The van der Waals surface area contributed by atoms with Crippen LogP contribution in [0.15, 0.2) is 10.5 Å². The van der Waals surface area contributed by atoms with Gasteiger partial charge in [-0.25, -0.2) is 4.79 Å². The molecule has 0 spiro atoms. The number of carbonyl (C=O) groups is 1. The van der Waals surface area contributed by atoms with Crippen LogP contribution < -0.4 is 0 Å². The lowest BCUT2D eigenvalue weighted by atomic mass is 10.1. The van der Waals surface area contributed by atoms with E-state index in [0.717, 1.165) is 17.7 Å². The third-order valence-electron chi connectivity index (χ3n) is 2.10. The first-order valence-corrected chi connectivity index (χ1v) is 4.20. The molecule has 1 aliphatic rings. The Kier molecular flexibility index (Phi) is 2.06. The summed E-state index contributed by atoms with van der Waals surface area (Å²) in [5.74, 6) is -0.212. The number of aromatic carboxylic acids is 1. The zero-order valence-corrected chi connectivity index (χ0v) is 7.08. The zero-order chi connectivity index (χ0) is 9.26. The van der Waals surface area contributed by atoms with Crippen molar-refractivity contribution in [3.8, 4) is 0 Å². The molecule has 0 aliphatic carbocycles. The number of carboxylic acids is 1. The van der Waals surface area contributed by atoms with Crippen molar-refractivity contribution in [1.82, 2.24) is 0 Å². The molecule has 0 bridgehead atoms. The smallest absolute Gasteiger partial charge is 0.371 e. The molecule has 0 saturated carbocycles. The summed E-state index contributed by atoms with van der Waals surface area (Å²) < 4.78 is 10.4. The topological polar surface area (TPSA) is 59.7 Å². The summed E-state index contributed by atoms with van der Waals surface area (Å²) in [6.07, 6.45) is 1.41. The van der Waals surface area contributed by atoms with Crippen LogP contribution in [0.4, 0.5) is 0 Å². The molecule has 1 N–H and O–H groups in total. The van der Waals surface area contributed by atoms with Crippen LogP contribution in [-0.2, 0) is 17.6 Å². The van der Waals surface area contributed by atoms with Crippen LogP contribution in [0.25, 0.3) is 0 Å². The second-order valence-corrected chi connectivity index (χ2v) is 2.98. The Morgan fingerprint density at radius 1 is 1.38 bits per heavy atom. The van der Waals surface area contributed by atoms with Gasteiger partial charge in [-0.3, -0.25) is 0 Å². The van der Waals surface area contributed by atoms with Crippen LogP contribution in [-0.4, -0.2) is 24.3 Å². The monoisotopic (exact) mass is 182 g/mol. The third-order valence-corrected chi connectivity index (χ3v) is 2.10. The Hall–Kier alpha value is -1.29. The highest BCUT2D eigenvalue weighted by Crippen LogP contribution is 2.19. The van der Waals surface area contributed by atoms with E-state index in [0.29, 0.717) is 19.6 Å². The molecule has 0 aromatic carbocycles. The lowest BCUT2D eigenvalue weighted by molar-refractivity contribution is 0.0658. The molecular formula is C9H10O4. The number of hydrogen-bond acceptors (Lipinski definition) is 3. The van der Waals surface area contributed by atoms with Gasteiger partial charge in [0.25, 0.3) is 0 Å². The van der Waals surface area contributed by atoms with Gasteiger partial charge in [-0.1, -0.05) is 0 Å². The Morgan fingerprint density at radius 2 is 2.15 bits per heavy atom. The average Bonchev–Trinajstić information content (AvgIpc) is 2.38. The van der Waals surface area contributed by atoms with Crippen LogP contribution in [0.5, 0.6) is 0 Å². The molecule has 70 valence electrons. The van der Waals surface area contributed by atoms with E-state index >= 15 is 0 Å². The molecule has 2 heterocycles.